The van der Waals surface area contributed by atoms with Gasteiger partial charge in [0, 0.05) is 0 Å². The Bertz CT molecular complexity index is 555. The van der Waals surface area contributed by atoms with Crippen molar-refractivity contribution in [2.45, 2.75) is 26.3 Å². The molecule has 1 atom stereocenters. The molecule has 0 bridgehead atoms. The Balaban J connectivity index is 2.10. The summed E-state index contributed by atoms with van der Waals surface area (Å²) in [5.74, 6) is -0.0391. The SMILES string of the molecule is CCCNC(C)c1nnc(Nc2c(F)cccc2Cl)o1. The van der Waals surface area contributed by atoms with Crippen LogP contribution in [0.3, 0.4) is 0 Å². The van der Waals surface area contributed by atoms with E-state index in [1.165, 1.54) is 12.1 Å². The fourth-order valence-corrected chi connectivity index (χ4v) is 1.84. The van der Waals surface area contributed by atoms with E-state index in [0.29, 0.717) is 5.89 Å². The molecule has 0 aliphatic carbocycles. The quantitative estimate of drug-likeness (QED) is 0.852. The van der Waals surface area contributed by atoms with E-state index in [9.17, 15) is 4.39 Å². The first kappa shape index (κ1) is 14.7. The van der Waals surface area contributed by atoms with Crippen molar-refractivity contribution < 1.29 is 8.81 Å². The van der Waals surface area contributed by atoms with Crippen LogP contribution in [0.2, 0.25) is 5.02 Å². The van der Waals surface area contributed by atoms with E-state index < -0.39 is 5.82 Å². The molecule has 108 valence electrons. The zero-order chi connectivity index (χ0) is 14.5. The monoisotopic (exact) mass is 298 g/mol. The van der Waals surface area contributed by atoms with Crippen LogP contribution in [0.4, 0.5) is 16.1 Å². The van der Waals surface area contributed by atoms with Crippen LogP contribution >= 0.6 is 11.6 Å². The Morgan fingerprint density at radius 3 is 2.90 bits per heavy atom. The molecule has 2 aromatic rings. The Kier molecular flexibility index (Phi) is 4.92. The van der Waals surface area contributed by atoms with Crippen LogP contribution in [0.1, 0.15) is 32.2 Å². The van der Waals surface area contributed by atoms with E-state index >= 15 is 0 Å². The van der Waals surface area contributed by atoms with Gasteiger partial charge in [0.15, 0.2) is 0 Å². The molecular formula is C13H16ClFN4O. The van der Waals surface area contributed by atoms with E-state index in [0.717, 1.165) is 13.0 Å². The summed E-state index contributed by atoms with van der Waals surface area (Å²) in [6.07, 6.45) is 1.01. The molecule has 0 fully saturated rings. The predicted octanol–water partition coefficient (Wildman–Crippen LogP) is 3.67. The molecule has 1 aromatic heterocycles. The fraction of sp³-hybridized carbons (Fsp3) is 0.385. The maximum absolute atomic E-state index is 13.6. The van der Waals surface area contributed by atoms with Gasteiger partial charge >= 0.3 is 6.01 Å². The number of anilines is 2. The molecule has 1 heterocycles. The molecule has 20 heavy (non-hydrogen) atoms. The van der Waals surface area contributed by atoms with Crippen LogP contribution in [-0.4, -0.2) is 16.7 Å². The van der Waals surface area contributed by atoms with Crippen molar-refractivity contribution in [1.82, 2.24) is 15.5 Å². The zero-order valence-electron chi connectivity index (χ0n) is 11.3. The van der Waals surface area contributed by atoms with Crippen LogP contribution in [0.5, 0.6) is 0 Å². The third-order valence-electron chi connectivity index (χ3n) is 2.71. The Morgan fingerprint density at radius 1 is 1.40 bits per heavy atom. The minimum absolute atomic E-state index is 0.0610. The van der Waals surface area contributed by atoms with Crippen molar-refractivity contribution in [1.29, 1.82) is 0 Å². The molecule has 1 aromatic carbocycles. The van der Waals surface area contributed by atoms with Gasteiger partial charge in [0.25, 0.3) is 0 Å². The van der Waals surface area contributed by atoms with Gasteiger partial charge in [-0.05, 0) is 32.0 Å². The first-order valence-corrected chi connectivity index (χ1v) is 6.77. The summed E-state index contributed by atoms with van der Waals surface area (Å²) in [5.41, 5.74) is 0.124. The summed E-state index contributed by atoms with van der Waals surface area (Å²) in [6.45, 7) is 4.84. The molecule has 0 aliphatic heterocycles. The normalized spacial score (nSPS) is 12.4. The summed E-state index contributed by atoms with van der Waals surface area (Å²) < 4.78 is 19.1. The standard InChI is InChI=1S/C13H16ClFN4O/c1-3-7-16-8(2)12-18-19-13(20-12)17-11-9(14)5-4-6-10(11)15/h4-6,8,16H,3,7H2,1-2H3,(H,17,19). The Morgan fingerprint density at radius 2 is 2.20 bits per heavy atom. The summed E-state index contributed by atoms with van der Waals surface area (Å²) in [6, 6.07) is 4.46. The summed E-state index contributed by atoms with van der Waals surface area (Å²) >= 11 is 5.91. The van der Waals surface area contributed by atoms with E-state index in [4.69, 9.17) is 16.0 Å². The molecule has 0 aliphatic rings. The van der Waals surface area contributed by atoms with E-state index in [-0.39, 0.29) is 22.8 Å². The highest BCUT2D eigenvalue weighted by Gasteiger charge is 2.15. The van der Waals surface area contributed by atoms with Gasteiger partial charge < -0.3 is 15.1 Å². The first-order valence-electron chi connectivity index (χ1n) is 6.39. The molecule has 0 spiro atoms. The number of benzene rings is 1. The highest BCUT2D eigenvalue weighted by Crippen LogP contribution is 2.28. The van der Waals surface area contributed by atoms with Crippen molar-refractivity contribution in [3.8, 4) is 0 Å². The third-order valence-corrected chi connectivity index (χ3v) is 3.02. The van der Waals surface area contributed by atoms with Gasteiger partial charge in [0.1, 0.15) is 5.82 Å². The topological polar surface area (TPSA) is 63.0 Å². The van der Waals surface area contributed by atoms with Crippen LogP contribution in [0.15, 0.2) is 22.6 Å². The van der Waals surface area contributed by atoms with Gasteiger partial charge in [0.05, 0.1) is 16.8 Å². The number of para-hydroxylation sites is 1. The van der Waals surface area contributed by atoms with Crippen LogP contribution in [0, 0.1) is 5.82 Å². The molecule has 7 heteroatoms. The van der Waals surface area contributed by atoms with E-state index in [1.54, 1.807) is 6.07 Å². The van der Waals surface area contributed by atoms with Crippen molar-refractivity contribution in [3.05, 3.63) is 34.9 Å². The van der Waals surface area contributed by atoms with Crippen LogP contribution in [0.25, 0.3) is 0 Å². The molecule has 0 saturated carbocycles. The second kappa shape index (κ2) is 6.67. The van der Waals surface area contributed by atoms with Crippen LogP contribution < -0.4 is 10.6 Å². The lowest BCUT2D eigenvalue weighted by atomic mass is 10.3. The number of hydrogen-bond donors (Lipinski definition) is 2. The molecule has 0 saturated heterocycles. The lowest BCUT2D eigenvalue weighted by molar-refractivity contribution is 0.424. The second-order valence-electron chi connectivity index (χ2n) is 4.34. The third kappa shape index (κ3) is 3.46. The molecule has 1 unspecified atom stereocenters. The number of halogens is 2. The minimum Gasteiger partial charge on any atom is -0.406 e. The molecular weight excluding hydrogens is 283 g/mol. The molecule has 0 amide bonds. The highest BCUT2D eigenvalue weighted by molar-refractivity contribution is 6.33. The van der Waals surface area contributed by atoms with Crippen molar-refractivity contribution in [2.24, 2.45) is 0 Å². The van der Waals surface area contributed by atoms with Gasteiger partial charge in [-0.3, -0.25) is 0 Å². The molecule has 2 rings (SSSR count). The minimum atomic E-state index is -0.477. The lowest BCUT2D eigenvalue weighted by Crippen LogP contribution is -2.19. The Labute approximate surface area is 121 Å². The number of rotatable bonds is 6. The van der Waals surface area contributed by atoms with E-state index in [1.807, 2.05) is 6.92 Å². The summed E-state index contributed by atoms with van der Waals surface area (Å²) in [7, 11) is 0. The molecule has 2 N–H and O–H groups in total. The van der Waals surface area contributed by atoms with Crippen LogP contribution in [-0.2, 0) is 0 Å². The number of hydrogen-bond acceptors (Lipinski definition) is 5. The average Bonchev–Trinajstić information content (AvgIpc) is 2.89. The zero-order valence-corrected chi connectivity index (χ0v) is 12.0. The van der Waals surface area contributed by atoms with Gasteiger partial charge in [-0.1, -0.05) is 29.7 Å². The largest absolute Gasteiger partial charge is 0.406 e. The molecule has 0 radical (unpaired) electrons. The molecule has 5 nitrogen and oxygen atoms in total. The van der Waals surface area contributed by atoms with Crippen molar-refractivity contribution in [2.75, 3.05) is 11.9 Å². The Hall–Kier alpha value is -1.66. The highest BCUT2D eigenvalue weighted by atomic mass is 35.5. The maximum atomic E-state index is 13.6. The van der Waals surface area contributed by atoms with Crippen molar-refractivity contribution in [3.63, 3.8) is 0 Å². The van der Waals surface area contributed by atoms with Gasteiger partial charge in [-0.2, -0.15) is 0 Å². The number of nitrogens with one attached hydrogen (secondary N) is 2. The smallest absolute Gasteiger partial charge is 0.320 e. The van der Waals surface area contributed by atoms with Crippen molar-refractivity contribution >= 4 is 23.3 Å². The predicted molar refractivity (Wildman–Crippen MR) is 75.7 cm³/mol. The second-order valence-corrected chi connectivity index (χ2v) is 4.75. The fourth-order valence-electron chi connectivity index (χ4n) is 1.63. The van der Waals surface area contributed by atoms with Gasteiger partial charge in [0.2, 0.25) is 5.89 Å². The summed E-state index contributed by atoms with van der Waals surface area (Å²) in [5, 5.41) is 13.9. The average molecular weight is 299 g/mol. The first-order chi connectivity index (χ1) is 9.61. The van der Waals surface area contributed by atoms with E-state index in [2.05, 4.69) is 27.8 Å². The van der Waals surface area contributed by atoms with Gasteiger partial charge in [-0.15, -0.1) is 5.10 Å². The summed E-state index contributed by atoms with van der Waals surface area (Å²) in [4.78, 5) is 0. The number of nitrogens with zero attached hydrogens (tertiary/aromatic N) is 2. The van der Waals surface area contributed by atoms with Gasteiger partial charge in [-0.25, -0.2) is 4.39 Å². The number of aromatic nitrogens is 2. The maximum Gasteiger partial charge on any atom is 0.320 e. The lowest BCUT2D eigenvalue weighted by Gasteiger charge is -2.08.